The lowest BCUT2D eigenvalue weighted by Gasteiger charge is -2.58. The van der Waals surface area contributed by atoms with Crippen molar-refractivity contribution in [3.8, 4) is 17.2 Å². The maximum atomic E-state index is 14.3. The molecule has 2 fully saturated rings. The second-order valence-corrected chi connectivity index (χ2v) is 11.9. The number of phenols is 2. The van der Waals surface area contributed by atoms with E-state index in [1.165, 1.54) is 6.07 Å². The third kappa shape index (κ3) is 4.05. The molecule has 0 amide bonds. The van der Waals surface area contributed by atoms with Crippen LogP contribution in [0.2, 0.25) is 0 Å². The molecule has 2 heterocycles. The molecule has 1 aromatic carbocycles. The molecule has 216 valence electrons. The van der Waals surface area contributed by atoms with Crippen molar-refractivity contribution in [1.29, 1.82) is 0 Å². The van der Waals surface area contributed by atoms with Crippen molar-refractivity contribution in [2.75, 3.05) is 39.5 Å². The molecule has 5 atom stereocenters. The highest BCUT2D eigenvalue weighted by atomic mass is 16.6. The Bertz CT molecular complexity index is 1310. The zero-order chi connectivity index (χ0) is 29.0. The molecule has 9 heteroatoms. The Labute approximate surface area is 234 Å². The van der Waals surface area contributed by atoms with Crippen LogP contribution in [0, 0.1) is 17.8 Å². The van der Waals surface area contributed by atoms with Crippen molar-refractivity contribution in [3.05, 3.63) is 52.1 Å². The summed E-state index contributed by atoms with van der Waals surface area (Å²) in [6.07, 6.45) is 5.95. The van der Waals surface area contributed by atoms with Gasteiger partial charge in [0.2, 0.25) is 0 Å². The molecule has 9 nitrogen and oxygen atoms in total. The van der Waals surface area contributed by atoms with Gasteiger partial charge in [-0.05, 0) is 40.0 Å². The molecule has 0 aromatic heterocycles. The molecule has 4 bridgehead atoms. The van der Waals surface area contributed by atoms with E-state index in [2.05, 4.69) is 0 Å². The molecule has 3 aliphatic carbocycles. The fraction of sp³-hybridized carbons (Fsp3) is 0.548. The van der Waals surface area contributed by atoms with Crippen LogP contribution in [-0.4, -0.2) is 87.5 Å². The Balaban J connectivity index is 1.68. The summed E-state index contributed by atoms with van der Waals surface area (Å²) in [6, 6.07) is 1.37. The fourth-order valence-electron chi connectivity index (χ4n) is 7.09. The predicted octanol–water partition coefficient (Wildman–Crippen LogP) is 2.70. The first-order valence-electron chi connectivity index (χ1n) is 13.9. The van der Waals surface area contributed by atoms with Crippen molar-refractivity contribution < 1.29 is 39.5 Å². The molecule has 1 saturated heterocycles. The minimum Gasteiger partial charge on any atom is -0.507 e. The standard InChI is InChI=1S/C31H39NO8/c1-17(2)5-6-19-24(35)14-25-26(27(19)36)28(37)22-13-20-21(15-32(9-11-33)10-12-34)23-16-39-30(29(20)38,8-7-18(3)4)31(22,23)40-25/h5,7,13-14,20-21,23,33-36H,6,8-12,15-16H2,1-4H3/t20-,21+,23-,30?,31-/m1/s1. The molecule has 5 aliphatic rings. The predicted molar refractivity (Wildman–Crippen MR) is 147 cm³/mol. The van der Waals surface area contributed by atoms with Gasteiger partial charge in [0.15, 0.2) is 22.8 Å². The lowest BCUT2D eigenvalue weighted by molar-refractivity contribution is -0.171. The van der Waals surface area contributed by atoms with E-state index in [-0.39, 0.29) is 78.7 Å². The van der Waals surface area contributed by atoms with Crippen molar-refractivity contribution in [2.45, 2.75) is 51.7 Å². The van der Waals surface area contributed by atoms with Crippen LogP contribution in [-0.2, 0) is 16.0 Å². The number of hydrogen-bond donors (Lipinski definition) is 4. The number of aliphatic hydroxyl groups is 2. The second kappa shape index (κ2) is 10.4. The average Bonchev–Trinajstić information content (AvgIpc) is 3.17. The number of ether oxygens (including phenoxy) is 2. The molecule has 6 rings (SSSR count). The monoisotopic (exact) mass is 553 g/mol. The van der Waals surface area contributed by atoms with Gasteiger partial charge in [-0.15, -0.1) is 0 Å². The van der Waals surface area contributed by atoms with Crippen LogP contribution >= 0.6 is 0 Å². The van der Waals surface area contributed by atoms with Gasteiger partial charge in [0.1, 0.15) is 22.8 Å². The summed E-state index contributed by atoms with van der Waals surface area (Å²) in [4.78, 5) is 30.4. The van der Waals surface area contributed by atoms with E-state index in [9.17, 15) is 30.0 Å². The smallest absolute Gasteiger partial charge is 0.200 e. The van der Waals surface area contributed by atoms with Gasteiger partial charge in [-0.25, -0.2) is 0 Å². The van der Waals surface area contributed by atoms with E-state index in [1.54, 1.807) is 6.08 Å². The van der Waals surface area contributed by atoms with Crippen LogP contribution in [0.1, 0.15) is 50.0 Å². The van der Waals surface area contributed by atoms with E-state index in [4.69, 9.17) is 9.47 Å². The van der Waals surface area contributed by atoms with Crippen LogP contribution in [0.25, 0.3) is 0 Å². The Morgan fingerprint density at radius 1 is 1.07 bits per heavy atom. The van der Waals surface area contributed by atoms with Gasteiger partial charge in [-0.3, -0.25) is 14.5 Å². The van der Waals surface area contributed by atoms with Gasteiger partial charge in [0.25, 0.3) is 0 Å². The maximum Gasteiger partial charge on any atom is 0.200 e. The Kier molecular flexibility index (Phi) is 7.46. The second-order valence-electron chi connectivity index (χ2n) is 11.9. The summed E-state index contributed by atoms with van der Waals surface area (Å²) in [5, 5.41) is 41.3. The van der Waals surface area contributed by atoms with Crippen molar-refractivity contribution in [3.63, 3.8) is 0 Å². The Hall–Kier alpha value is -2.98. The molecular weight excluding hydrogens is 514 g/mol. The number of allylic oxidation sites excluding steroid dienone is 4. The van der Waals surface area contributed by atoms with E-state index in [1.807, 2.05) is 44.7 Å². The number of nitrogens with zero attached hydrogens (tertiary/aromatic N) is 1. The summed E-state index contributed by atoms with van der Waals surface area (Å²) in [5.41, 5.74) is -0.333. The number of carbonyl (C=O) groups is 2. The minimum absolute atomic E-state index is 0.0117. The highest BCUT2D eigenvalue weighted by molar-refractivity contribution is 6.18. The first-order chi connectivity index (χ1) is 19.0. The number of Topliss-reactive ketones (excluding diaryl/α,β-unsaturated/α-hetero) is 2. The Morgan fingerprint density at radius 3 is 2.38 bits per heavy atom. The summed E-state index contributed by atoms with van der Waals surface area (Å²) >= 11 is 0. The molecule has 1 unspecified atom stereocenters. The van der Waals surface area contributed by atoms with Gasteiger partial charge in [-0.1, -0.05) is 29.4 Å². The van der Waals surface area contributed by atoms with E-state index < -0.39 is 22.9 Å². The van der Waals surface area contributed by atoms with Crippen molar-refractivity contribution in [1.82, 2.24) is 4.90 Å². The number of rotatable bonds is 10. The summed E-state index contributed by atoms with van der Waals surface area (Å²) in [7, 11) is 0. The molecule has 1 spiro atoms. The van der Waals surface area contributed by atoms with E-state index in [0.717, 1.165) is 11.1 Å². The van der Waals surface area contributed by atoms with Gasteiger partial charge in [-0.2, -0.15) is 0 Å². The first kappa shape index (κ1) is 28.5. The number of aromatic hydroxyl groups is 2. The van der Waals surface area contributed by atoms with Crippen molar-refractivity contribution in [2.24, 2.45) is 17.8 Å². The average molecular weight is 554 g/mol. The SMILES string of the molecule is CC(C)=CCc1c(O)cc2c(c1O)C(=O)C1=C[C@H]3C(=O)C4(CC=C(C)C)OC[C@H]([C@H]3CN(CCO)CCO)[C@]14O2. The number of benzene rings is 1. The molecule has 1 aromatic rings. The molecule has 40 heavy (non-hydrogen) atoms. The third-order valence-electron chi connectivity index (χ3n) is 8.96. The summed E-state index contributed by atoms with van der Waals surface area (Å²) in [5.74, 6) is -2.36. The highest BCUT2D eigenvalue weighted by Gasteiger charge is 2.79. The van der Waals surface area contributed by atoms with Crippen LogP contribution in [0.4, 0.5) is 0 Å². The van der Waals surface area contributed by atoms with E-state index >= 15 is 0 Å². The van der Waals surface area contributed by atoms with Gasteiger partial charge in [0, 0.05) is 55.1 Å². The zero-order valence-corrected chi connectivity index (χ0v) is 23.6. The molecule has 1 saturated carbocycles. The van der Waals surface area contributed by atoms with Crippen molar-refractivity contribution >= 4 is 11.6 Å². The minimum atomic E-state index is -1.44. The molecule has 2 aliphatic heterocycles. The molecule has 4 N–H and O–H groups in total. The van der Waals surface area contributed by atoms with Gasteiger partial charge >= 0.3 is 0 Å². The van der Waals surface area contributed by atoms with Gasteiger partial charge in [0.05, 0.1) is 19.8 Å². The number of fused-ring (bicyclic) bond motifs is 1. The number of phenolic OH excluding ortho intramolecular Hbond substituents is 2. The highest BCUT2D eigenvalue weighted by Crippen LogP contribution is 2.65. The van der Waals surface area contributed by atoms with Gasteiger partial charge < -0.3 is 29.9 Å². The lowest BCUT2D eigenvalue weighted by atomic mass is 9.49. The molecule has 0 radical (unpaired) electrons. The number of hydrogen-bond acceptors (Lipinski definition) is 9. The Morgan fingerprint density at radius 2 is 1.75 bits per heavy atom. The van der Waals surface area contributed by atoms with Crippen LogP contribution in [0.5, 0.6) is 17.2 Å². The molecular formula is C31H39NO8. The third-order valence-corrected chi connectivity index (χ3v) is 8.96. The maximum absolute atomic E-state index is 14.3. The number of aliphatic hydroxyl groups excluding tert-OH is 2. The first-order valence-corrected chi connectivity index (χ1v) is 13.9. The summed E-state index contributed by atoms with van der Waals surface area (Å²) < 4.78 is 13.1. The lowest BCUT2D eigenvalue weighted by Crippen LogP contribution is -2.74. The quantitative estimate of drug-likeness (QED) is 0.322. The number of ketones is 2. The van der Waals surface area contributed by atoms with Crippen LogP contribution in [0.3, 0.4) is 0 Å². The normalized spacial score (nSPS) is 29.6. The largest absolute Gasteiger partial charge is 0.507 e. The zero-order valence-electron chi connectivity index (χ0n) is 23.6. The fourth-order valence-corrected chi connectivity index (χ4v) is 7.09. The topological polar surface area (TPSA) is 137 Å². The van der Waals surface area contributed by atoms with E-state index in [0.29, 0.717) is 25.2 Å². The van der Waals surface area contributed by atoms with Crippen LogP contribution < -0.4 is 4.74 Å². The summed E-state index contributed by atoms with van der Waals surface area (Å²) in [6.45, 7) is 8.73. The number of carbonyl (C=O) groups excluding carboxylic acids is 2. The van der Waals surface area contributed by atoms with Crippen LogP contribution in [0.15, 0.2) is 41.0 Å².